The van der Waals surface area contributed by atoms with Gasteiger partial charge in [-0.1, -0.05) is 12.1 Å². The zero-order valence-corrected chi connectivity index (χ0v) is 15.8. The number of phenols is 1. The van der Waals surface area contributed by atoms with Crippen LogP contribution in [0.25, 0.3) is 6.08 Å². The number of nitrogens with zero attached hydrogens (tertiary/aromatic N) is 2. The molecule has 0 aliphatic carbocycles. The lowest BCUT2D eigenvalue weighted by Gasteiger charge is -2.10. The molecule has 1 heterocycles. The molecule has 28 heavy (non-hydrogen) atoms. The van der Waals surface area contributed by atoms with E-state index in [1.165, 1.54) is 43.7 Å². The van der Waals surface area contributed by atoms with Crippen LogP contribution in [-0.2, 0) is 4.79 Å². The molecule has 0 spiro atoms. The molecule has 0 saturated carbocycles. The summed E-state index contributed by atoms with van der Waals surface area (Å²) in [6.07, 6.45) is 3.02. The molecule has 144 valence electrons. The van der Waals surface area contributed by atoms with Crippen molar-refractivity contribution in [3.63, 3.8) is 0 Å². The normalized spacial score (nSPS) is 15.8. The van der Waals surface area contributed by atoms with Crippen LogP contribution in [-0.4, -0.2) is 47.6 Å². The second-order valence-electron chi connectivity index (χ2n) is 5.84. The van der Waals surface area contributed by atoms with Gasteiger partial charge < -0.3 is 9.84 Å². The van der Waals surface area contributed by atoms with Crippen molar-refractivity contribution in [2.24, 2.45) is 4.99 Å². The van der Waals surface area contributed by atoms with Crippen molar-refractivity contribution in [3.8, 4) is 11.5 Å². The van der Waals surface area contributed by atoms with Gasteiger partial charge in [-0.3, -0.25) is 19.5 Å². The van der Waals surface area contributed by atoms with Gasteiger partial charge in [0.25, 0.3) is 11.1 Å². The van der Waals surface area contributed by atoms with E-state index in [-0.39, 0.29) is 34.8 Å². The predicted octanol–water partition coefficient (Wildman–Crippen LogP) is 3.70. The molecule has 0 radical (unpaired) electrons. The van der Waals surface area contributed by atoms with Crippen LogP contribution in [0.4, 0.5) is 9.18 Å². The zero-order chi connectivity index (χ0) is 20.1. The van der Waals surface area contributed by atoms with Crippen LogP contribution in [0, 0.1) is 5.82 Å². The van der Waals surface area contributed by atoms with Crippen LogP contribution in [0.3, 0.4) is 0 Å². The van der Waals surface area contributed by atoms with Gasteiger partial charge >= 0.3 is 0 Å². The van der Waals surface area contributed by atoms with Crippen LogP contribution >= 0.6 is 11.8 Å². The number of aromatic hydroxyl groups is 1. The minimum absolute atomic E-state index is 0.0537. The summed E-state index contributed by atoms with van der Waals surface area (Å²) in [5, 5.41) is 9.44. The van der Waals surface area contributed by atoms with Gasteiger partial charge in [0, 0.05) is 18.3 Å². The molecule has 1 aliphatic heterocycles. The topological polar surface area (TPSA) is 79.2 Å². The van der Waals surface area contributed by atoms with E-state index >= 15 is 0 Å². The molecule has 6 nitrogen and oxygen atoms in total. The first-order chi connectivity index (χ1) is 13.5. The molecule has 0 aromatic heterocycles. The third-order valence-electron chi connectivity index (χ3n) is 3.96. The lowest BCUT2D eigenvalue weighted by Crippen LogP contribution is -2.30. The van der Waals surface area contributed by atoms with E-state index in [1.54, 1.807) is 18.2 Å². The fraction of sp³-hybridized carbons (Fsp3) is 0.150. The minimum Gasteiger partial charge on any atom is -0.507 e. The lowest BCUT2D eigenvalue weighted by atomic mass is 10.2. The van der Waals surface area contributed by atoms with E-state index in [1.807, 2.05) is 0 Å². The molecule has 1 fully saturated rings. The number of phenolic OH excluding ortho intramolecular Hbond substituents is 1. The molecule has 2 amide bonds. The van der Waals surface area contributed by atoms with Crippen LogP contribution in [0.5, 0.6) is 11.5 Å². The maximum atomic E-state index is 13.0. The highest BCUT2D eigenvalue weighted by Crippen LogP contribution is 2.32. The van der Waals surface area contributed by atoms with Gasteiger partial charge in [-0.05, 0) is 53.7 Å². The number of amides is 2. The Kier molecular flexibility index (Phi) is 6.10. The summed E-state index contributed by atoms with van der Waals surface area (Å²) in [4.78, 5) is 30.1. The quantitative estimate of drug-likeness (QED) is 0.591. The molecule has 1 saturated heterocycles. The number of aliphatic imine (C=N–C) groups is 1. The largest absolute Gasteiger partial charge is 0.507 e. The Morgan fingerprint density at radius 3 is 2.68 bits per heavy atom. The maximum Gasteiger partial charge on any atom is 0.293 e. The van der Waals surface area contributed by atoms with Crippen LogP contribution < -0.4 is 4.74 Å². The van der Waals surface area contributed by atoms with Crippen molar-refractivity contribution in [2.45, 2.75) is 0 Å². The van der Waals surface area contributed by atoms with Gasteiger partial charge in [-0.2, -0.15) is 0 Å². The fourth-order valence-electron chi connectivity index (χ4n) is 2.49. The van der Waals surface area contributed by atoms with Crippen LogP contribution in [0.1, 0.15) is 11.1 Å². The van der Waals surface area contributed by atoms with E-state index in [0.29, 0.717) is 16.9 Å². The summed E-state index contributed by atoms with van der Waals surface area (Å²) in [7, 11) is 1.52. The maximum absolute atomic E-state index is 13.0. The third kappa shape index (κ3) is 4.58. The van der Waals surface area contributed by atoms with Gasteiger partial charge in [0.2, 0.25) is 0 Å². The minimum atomic E-state index is -0.404. The summed E-state index contributed by atoms with van der Waals surface area (Å²) in [5.74, 6) is -0.141. The highest BCUT2D eigenvalue weighted by Gasteiger charge is 2.34. The Hall–Kier alpha value is -3.13. The molecular weight excluding hydrogens is 383 g/mol. The number of ether oxygens (including phenoxy) is 1. The average Bonchev–Trinajstić information content (AvgIpc) is 2.95. The number of methoxy groups -OCH3 is 1. The molecule has 8 heteroatoms. The van der Waals surface area contributed by atoms with Gasteiger partial charge in [0.1, 0.15) is 17.3 Å². The number of carbonyl (C=O) groups excluding carboxylic acids is 2. The Balaban J connectivity index is 1.63. The zero-order valence-electron chi connectivity index (χ0n) is 15.0. The molecule has 0 unspecified atom stereocenters. The number of imide groups is 1. The Morgan fingerprint density at radius 2 is 1.96 bits per heavy atom. The highest BCUT2D eigenvalue weighted by molar-refractivity contribution is 8.18. The first-order valence-corrected chi connectivity index (χ1v) is 9.17. The molecule has 3 rings (SSSR count). The molecule has 2 aromatic carbocycles. The first kappa shape index (κ1) is 19.6. The number of halogens is 1. The van der Waals surface area contributed by atoms with Gasteiger partial charge in [0.05, 0.1) is 18.6 Å². The Labute approximate surface area is 165 Å². The van der Waals surface area contributed by atoms with Crippen LogP contribution in [0.15, 0.2) is 52.4 Å². The molecule has 1 aliphatic rings. The highest BCUT2D eigenvalue weighted by atomic mass is 32.2. The second kappa shape index (κ2) is 8.71. The molecule has 0 bridgehead atoms. The van der Waals surface area contributed by atoms with Crippen molar-refractivity contribution in [1.82, 2.24) is 4.90 Å². The van der Waals surface area contributed by atoms with Crippen LogP contribution in [0.2, 0.25) is 0 Å². The van der Waals surface area contributed by atoms with Crippen molar-refractivity contribution in [1.29, 1.82) is 0 Å². The van der Waals surface area contributed by atoms with Crippen molar-refractivity contribution in [3.05, 3.63) is 64.3 Å². The standard InChI is InChI=1S/C20H17FN2O4S/c1-27-16-6-7-17(24)14(11-16)12-22-8-9-23-19(25)18(28-20(23)26)10-13-2-4-15(21)5-3-13/h2-7,10-12,24H,8-9H2,1H3/b18-10-,22-12?. The predicted molar refractivity (Wildman–Crippen MR) is 106 cm³/mol. The average molecular weight is 400 g/mol. The second-order valence-corrected chi connectivity index (χ2v) is 6.84. The van der Waals surface area contributed by atoms with E-state index in [2.05, 4.69) is 4.99 Å². The van der Waals surface area contributed by atoms with Crippen molar-refractivity contribution < 1.29 is 23.8 Å². The summed E-state index contributed by atoms with van der Waals surface area (Å²) in [6, 6.07) is 10.4. The lowest BCUT2D eigenvalue weighted by molar-refractivity contribution is -0.122. The van der Waals surface area contributed by atoms with Crippen molar-refractivity contribution in [2.75, 3.05) is 20.2 Å². The van der Waals surface area contributed by atoms with Gasteiger partial charge in [-0.15, -0.1) is 0 Å². The number of thioether (sulfide) groups is 1. The fourth-order valence-corrected chi connectivity index (χ4v) is 3.35. The summed E-state index contributed by atoms with van der Waals surface area (Å²) in [5.41, 5.74) is 1.11. The number of hydrogen-bond donors (Lipinski definition) is 1. The molecule has 2 aromatic rings. The number of rotatable bonds is 6. The van der Waals surface area contributed by atoms with E-state index in [9.17, 15) is 19.1 Å². The Bertz CT molecular complexity index is 957. The van der Waals surface area contributed by atoms with Gasteiger partial charge in [-0.25, -0.2) is 4.39 Å². The number of carbonyl (C=O) groups is 2. The molecule has 1 N–H and O–H groups in total. The number of benzene rings is 2. The third-order valence-corrected chi connectivity index (χ3v) is 4.87. The molecule has 0 atom stereocenters. The van der Waals surface area contributed by atoms with E-state index < -0.39 is 5.91 Å². The number of hydrogen-bond acceptors (Lipinski definition) is 6. The molecular formula is C20H17FN2O4S. The van der Waals surface area contributed by atoms with E-state index in [4.69, 9.17) is 4.74 Å². The summed E-state index contributed by atoms with van der Waals surface area (Å²) in [6.45, 7) is 0.311. The van der Waals surface area contributed by atoms with E-state index in [0.717, 1.165) is 16.7 Å². The SMILES string of the molecule is COc1ccc(O)c(C=NCCN2C(=O)S/C(=C\c3ccc(F)cc3)C2=O)c1. The summed E-state index contributed by atoms with van der Waals surface area (Å²) >= 11 is 0.839. The first-order valence-electron chi connectivity index (χ1n) is 8.35. The Morgan fingerprint density at radius 1 is 1.21 bits per heavy atom. The van der Waals surface area contributed by atoms with Crippen molar-refractivity contribution >= 4 is 35.2 Å². The van der Waals surface area contributed by atoms with Gasteiger partial charge in [0.15, 0.2) is 0 Å². The monoisotopic (exact) mass is 400 g/mol. The summed E-state index contributed by atoms with van der Waals surface area (Å²) < 4.78 is 18.1. The smallest absolute Gasteiger partial charge is 0.293 e.